The van der Waals surface area contributed by atoms with Gasteiger partial charge in [-0.25, -0.2) is 4.68 Å². The second kappa shape index (κ2) is 7.72. The molecule has 140 valence electrons. The summed E-state index contributed by atoms with van der Waals surface area (Å²) in [5.41, 5.74) is 1.18. The molecule has 1 aliphatic carbocycles. The summed E-state index contributed by atoms with van der Waals surface area (Å²) in [4.78, 5) is 3.11. The fraction of sp³-hybridized carbons (Fsp3) is 0.632. The Bertz CT molecular complexity index is 701. The molecule has 0 radical (unpaired) electrons. The molecular formula is C19H30N6O+2. The number of nitrogens with zero attached hydrogens (tertiary/aromatic N) is 4. The molecule has 0 bridgehead atoms. The Hall–Kier alpha value is -1.99. The monoisotopic (exact) mass is 358 g/mol. The zero-order chi connectivity index (χ0) is 17.9. The molecule has 0 spiro atoms. The molecule has 2 heterocycles. The van der Waals surface area contributed by atoms with E-state index >= 15 is 0 Å². The highest BCUT2D eigenvalue weighted by Crippen LogP contribution is 2.30. The topological polar surface area (TPSA) is 72.7 Å². The molecule has 2 fully saturated rings. The first-order chi connectivity index (χ1) is 12.7. The molecule has 1 aromatic carbocycles. The van der Waals surface area contributed by atoms with E-state index in [4.69, 9.17) is 0 Å². The Labute approximate surface area is 154 Å². The maximum Gasteiger partial charge on any atom is 0.214 e. The van der Waals surface area contributed by atoms with Crippen molar-refractivity contribution in [2.45, 2.75) is 44.2 Å². The van der Waals surface area contributed by atoms with Gasteiger partial charge in [-0.05, 0) is 47.5 Å². The maximum absolute atomic E-state index is 9.72. The van der Waals surface area contributed by atoms with E-state index in [0.717, 1.165) is 32.0 Å². The molecule has 1 aromatic heterocycles. The van der Waals surface area contributed by atoms with E-state index in [1.807, 2.05) is 12.1 Å². The number of hydrogen-bond acceptors (Lipinski definition) is 4. The van der Waals surface area contributed by atoms with Crippen molar-refractivity contribution in [3.8, 4) is 5.75 Å². The van der Waals surface area contributed by atoms with Crippen LogP contribution in [0.25, 0.3) is 0 Å². The number of nitrogens with one attached hydrogen (secondary N) is 2. The predicted octanol–water partition coefficient (Wildman–Crippen LogP) is -0.613. The standard InChI is InChI=1S/C19H28N6O/c1-23-11-13-24(14-12-23)18(15-7-9-17(26)10-8-15)19-20-21-22-25(19)16-5-3-2-4-6-16/h7-10,16,18,26H,2-6,11-14H2,1H3/p+2/t18-/m0/s1. The molecule has 1 aliphatic heterocycles. The lowest BCUT2D eigenvalue weighted by atomic mass is 9.95. The van der Waals surface area contributed by atoms with Gasteiger partial charge >= 0.3 is 0 Å². The lowest BCUT2D eigenvalue weighted by molar-refractivity contribution is -1.02. The van der Waals surface area contributed by atoms with E-state index in [1.54, 1.807) is 17.0 Å². The van der Waals surface area contributed by atoms with Gasteiger partial charge in [0.15, 0.2) is 6.04 Å². The van der Waals surface area contributed by atoms with Crippen molar-refractivity contribution in [2.24, 2.45) is 0 Å². The highest BCUT2D eigenvalue weighted by atomic mass is 16.3. The van der Waals surface area contributed by atoms with Gasteiger partial charge in [-0.3, -0.25) is 0 Å². The first-order valence-electron chi connectivity index (χ1n) is 9.95. The van der Waals surface area contributed by atoms with Gasteiger partial charge in [-0.15, -0.1) is 5.10 Å². The first-order valence-corrected chi connectivity index (χ1v) is 9.95. The van der Waals surface area contributed by atoms with Crippen molar-refractivity contribution in [3.63, 3.8) is 0 Å². The molecule has 1 atom stereocenters. The fourth-order valence-electron chi connectivity index (χ4n) is 4.50. The van der Waals surface area contributed by atoms with Gasteiger partial charge in [0.1, 0.15) is 31.9 Å². The van der Waals surface area contributed by atoms with Gasteiger partial charge in [0.2, 0.25) is 5.82 Å². The summed E-state index contributed by atoms with van der Waals surface area (Å²) in [7, 11) is 2.26. The smallest absolute Gasteiger partial charge is 0.214 e. The van der Waals surface area contributed by atoms with E-state index in [2.05, 4.69) is 27.3 Å². The number of phenolic OH excluding ortho intramolecular Hbond substituents is 1. The number of tetrazole rings is 1. The largest absolute Gasteiger partial charge is 0.508 e. The Kier molecular flexibility index (Phi) is 5.17. The molecule has 4 rings (SSSR count). The number of phenols is 1. The number of benzene rings is 1. The van der Waals surface area contributed by atoms with Crippen LogP contribution in [-0.4, -0.2) is 58.5 Å². The van der Waals surface area contributed by atoms with Crippen molar-refractivity contribution in [1.29, 1.82) is 0 Å². The molecule has 0 unspecified atom stereocenters. The van der Waals surface area contributed by atoms with Crippen molar-refractivity contribution in [3.05, 3.63) is 35.7 Å². The second-order valence-corrected chi connectivity index (χ2v) is 7.91. The van der Waals surface area contributed by atoms with E-state index in [0.29, 0.717) is 11.8 Å². The number of aromatic hydroxyl groups is 1. The third-order valence-corrected chi connectivity index (χ3v) is 6.08. The van der Waals surface area contributed by atoms with E-state index in [-0.39, 0.29) is 6.04 Å². The molecule has 2 aliphatic rings. The van der Waals surface area contributed by atoms with Crippen LogP contribution in [0.2, 0.25) is 0 Å². The van der Waals surface area contributed by atoms with Crippen LogP contribution < -0.4 is 9.80 Å². The molecule has 1 saturated carbocycles. The number of likely N-dealkylation sites (N-methyl/N-ethyl adjacent to an activating group) is 1. The van der Waals surface area contributed by atoms with Crippen LogP contribution in [-0.2, 0) is 0 Å². The lowest BCUT2D eigenvalue weighted by Crippen LogP contribution is -3.27. The van der Waals surface area contributed by atoms with Crippen LogP contribution in [0.15, 0.2) is 24.3 Å². The van der Waals surface area contributed by atoms with Crippen molar-refractivity contribution in [1.82, 2.24) is 20.2 Å². The van der Waals surface area contributed by atoms with Crippen LogP contribution in [0.3, 0.4) is 0 Å². The Morgan fingerprint density at radius 1 is 1.04 bits per heavy atom. The third kappa shape index (κ3) is 3.59. The van der Waals surface area contributed by atoms with Crippen LogP contribution in [0.4, 0.5) is 0 Å². The van der Waals surface area contributed by atoms with Crippen LogP contribution in [0.1, 0.15) is 55.6 Å². The molecular weight excluding hydrogens is 328 g/mol. The number of rotatable bonds is 4. The zero-order valence-corrected chi connectivity index (χ0v) is 15.6. The quantitative estimate of drug-likeness (QED) is 0.682. The lowest BCUT2D eigenvalue weighted by Gasteiger charge is -2.33. The van der Waals surface area contributed by atoms with Gasteiger partial charge < -0.3 is 14.9 Å². The maximum atomic E-state index is 9.72. The van der Waals surface area contributed by atoms with Gasteiger partial charge in [0.25, 0.3) is 0 Å². The summed E-state index contributed by atoms with van der Waals surface area (Å²) in [5.74, 6) is 1.29. The van der Waals surface area contributed by atoms with Crippen LogP contribution in [0.5, 0.6) is 5.75 Å². The summed E-state index contributed by atoms with van der Waals surface area (Å²) in [6, 6.07) is 8.15. The molecule has 0 amide bonds. The van der Waals surface area contributed by atoms with E-state index in [9.17, 15) is 5.11 Å². The Balaban J connectivity index is 1.69. The van der Waals surface area contributed by atoms with Crippen LogP contribution >= 0.6 is 0 Å². The summed E-state index contributed by atoms with van der Waals surface area (Å²) >= 11 is 0. The van der Waals surface area contributed by atoms with Crippen molar-refractivity contribution in [2.75, 3.05) is 33.2 Å². The van der Waals surface area contributed by atoms with Gasteiger partial charge in [0.05, 0.1) is 13.1 Å². The summed E-state index contributed by atoms with van der Waals surface area (Å²) in [6.07, 6.45) is 6.18. The summed E-state index contributed by atoms with van der Waals surface area (Å²) < 4.78 is 2.11. The molecule has 3 N–H and O–H groups in total. The Morgan fingerprint density at radius 3 is 2.42 bits per heavy atom. The minimum absolute atomic E-state index is 0.126. The molecule has 2 aromatic rings. The summed E-state index contributed by atoms with van der Waals surface area (Å²) in [5, 5.41) is 22.7. The summed E-state index contributed by atoms with van der Waals surface area (Å²) in [6.45, 7) is 4.54. The van der Waals surface area contributed by atoms with Crippen molar-refractivity contribution < 1.29 is 14.9 Å². The molecule has 26 heavy (non-hydrogen) atoms. The molecule has 7 heteroatoms. The van der Waals surface area contributed by atoms with E-state index in [1.165, 1.54) is 42.6 Å². The Morgan fingerprint density at radius 2 is 1.73 bits per heavy atom. The number of piperazine rings is 1. The zero-order valence-electron chi connectivity index (χ0n) is 15.6. The van der Waals surface area contributed by atoms with E-state index < -0.39 is 0 Å². The minimum atomic E-state index is 0.126. The third-order valence-electron chi connectivity index (χ3n) is 6.08. The number of aromatic nitrogens is 4. The van der Waals surface area contributed by atoms with Crippen LogP contribution in [0, 0.1) is 0 Å². The highest BCUT2D eigenvalue weighted by Gasteiger charge is 2.36. The average Bonchev–Trinajstić information content (AvgIpc) is 3.15. The number of quaternary nitrogens is 2. The predicted molar refractivity (Wildman–Crippen MR) is 97.2 cm³/mol. The first kappa shape index (κ1) is 17.4. The highest BCUT2D eigenvalue weighted by molar-refractivity contribution is 5.29. The molecule has 7 nitrogen and oxygen atoms in total. The molecule has 1 saturated heterocycles. The van der Waals surface area contributed by atoms with Crippen molar-refractivity contribution >= 4 is 0 Å². The minimum Gasteiger partial charge on any atom is -0.508 e. The SMILES string of the molecule is C[NH+]1CC[NH+]([C@@H](c2ccc(O)cc2)c2nnnn2C2CCCCC2)CC1. The average molecular weight is 358 g/mol. The normalized spacial score (nSPS) is 25.9. The fourth-order valence-corrected chi connectivity index (χ4v) is 4.50. The van der Waals surface area contributed by atoms with Gasteiger partial charge in [-0.1, -0.05) is 19.3 Å². The van der Waals surface area contributed by atoms with Gasteiger partial charge in [0, 0.05) is 5.56 Å². The van der Waals surface area contributed by atoms with Gasteiger partial charge in [-0.2, -0.15) is 0 Å². The second-order valence-electron chi connectivity index (χ2n) is 7.91. The number of hydrogen-bond donors (Lipinski definition) is 3.